The smallest absolute Gasteiger partial charge is 0.245 e. The van der Waals surface area contributed by atoms with Crippen LogP contribution in [0.5, 0.6) is 0 Å². The summed E-state index contributed by atoms with van der Waals surface area (Å²) in [5.74, 6) is 0.175. The van der Waals surface area contributed by atoms with E-state index < -0.39 is 0 Å². The molecule has 1 aromatic heterocycles. The Morgan fingerprint density at radius 2 is 2.35 bits per heavy atom. The number of nitrogens with one attached hydrogen (secondary N) is 1. The summed E-state index contributed by atoms with van der Waals surface area (Å²) in [6.45, 7) is 5.18. The highest BCUT2D eigenvalue weighted by Gasteiger charge is 2.32. The Morgan fingerprint density at radius 3 is 3.00 bits per heavy atom. The van der Waals surface area contributed by atoms with Crippen molar-refractivity contribution in [2.45, 2.75) is 39.2 Å². The lowest BCUT2D eigenvalue weighted by Crippen LogP contribution is -2.48. The van der Waals surface area contributed by atoms with Crippen molar-refractivity contribution in [2.75, 3.05) is 13.1 Å². The first kappa shape index (κ1) is 15.0. The van der Waals surface area contributed by atoms with Crippen molar-refractivity contribution in [1.29, 1.82) is 0 Å². The molecule has 2 atom stereocenters. The fourth-order valence-corrected chi connectivity index (χ4v) is 2.91. The minimum atomic E-state index is -0.383. The molecule has 0 aromatic carbocycles. The molecule has 6 heteroatoms. The molecular formula is C14H21N3O2S. The molecule has 0 saturated carbocycles. The minimum Gasteiger partial charge on any atom is -0.344 e. The van der Waals surface area contributed by atoms with Gasteiger partial charge >= 0.3 is 0 Å². The summed E-state index contributed by atoms with van der Waals surface area (Å²) in [4.78, 5) is 30.3. The lowest BCUT2D eigenvalue weighted by Gasteiger charge is -2.26. The van der Waals surface area contributed by atoms with Crippen molar-refractivity contribution in [2.24, 2.45) is 5.92 Å². The molecule has 0 bridgehead atoms. The van der Waals surface area contributed by atoms with Gasteiger partial charge < -0.3 is 10.2 Å². The molecule has 20 heavy (non-hydrogen) atoms. The molecule has 2 unspecified atom stereocenters. The number of carbonyl (C=O) groups excluding carboxylic acids is 2. The molecule has 0 spiro atoms. The van der Waals surface area contributed by atoms with E-state index >= 15 is 0 Å². The molecule has 2 heterocycles. The Kier molecular flexibility index (Phi) is 5.11. The van der Waals surface area contributed by atoms with Crippen molar-refractivity contribution >= 4 is 23.2 Å². The van der Waals surface area contributed by atoms with Crippen LogP contribution in [0.15, 0.2) is 11.6 Å². The van der Waals surface area contributed by atoms with Gasteiger partial charge in [-0.1, -0.05) is 20.3 Å². The van der Waals surface area contributed by atoms with E-state index in [-0.39, 0.29) is 23.8 Å². The zero-order chi connectivity index (χ0) is 14.5. The molecule has 1 fully saturated rings. The van der Waals surface area contributed by atoms with Crippen LogP contribution >= 0.6 is 11.3 Å². The topological polar surface area (TPSA) is 62.3 Å². The summed E-state index contributed by atoms with van der Waals surface area (Å²) in [7, 11) is 0. The van der Waals surface area contributed by atoms with E-state index in [1.807, 2.05) is 19.2 Å². The highest BCUT2D eigenvalue weighted by atomic mass is 32.1. The van der Waals surface area contributed by atoms with Crippen LogP contribution in [-0.2, 0) is 16.0 Å². The molecule has 1 aliphatic rings. The Morgan fingerprint density at radius 1 is 1.55 bits per heavy atom. The highest BCUT2D eigenvalue weighted by molar-refractivity contribution is 7.09. The second-order valence-corrected chi connectivity index (χ2v) is 6.16. The third-order valence-electron chi connectivity index (χ3n) is 3.80. The van der Waals surface area contributed by atoms with Gasteiger partial charge in [0.2, 0.25) is 11.8 Å². The van der Waals surface area contributed by atoms with Gasteiger partial charge in [-0.3, -0.25) is 9.59 Å². The molecule has 1 aromatic rings. The van der Waals surface area contributed by atoms with Crippen LogP contribution in [0.25, 0.3) is 0 Å². The predicted molar refractivity (Wildman–Crippen MR) is 78.4 cm³/mol. The molecular weight excluding hydrogens is 274 g/mol. The highest BCUT2D eigenvalue weighted by Crippen LogP contribution is 2.15. The largest absolute Gasteiger partial charge is 0.344 e. The summed E-state index contributed by atoms with van der Waals surface area (Å²) in [5, 5.41) is 5.83. The van der Waals surface area contributed by atoms with Crippen LogP contribution in [-0.4, -0.2) is 40.8 Å². The van der Waals surface area contributed by atoms with Crippen molar-refractivity contribution < 1.29 is 9.59 Å². The van der Waals surface area contributed by atoms with Gasteiger partial charge in [0, 0.05) is 37.5 Å². The fourth-order valence-electron chi connectivity index (χ4n) is 2.30. The molecule has 1 aliphatic heterocycles. The average molecular weight is 295 g/mol. The number of thiazole rings is 1. The van der Waals surface area contributed by atoms with Crippen LogP contribution in [0.4, 0.5) is 0 Å². The average Bonchev–Trinajstić information content (AvgIpc) is 2.91. The number of amides is 2. The number of hydrogen-bond acceptors (Lipinski definition) is 4. The van der Waals surface area contributed by atoms with Gasteiger partial charge in [0.25, 0.3) is 0 Å². The summed E-state index contributed by atoms with van der Waals surface area (Å²) < 4.78 is 0. The predicted octanol–water partition coefficient (Wildman–Crippen LogP) is 1.45. The first-order valence-corrected chi connectivity index (χ1v) is 7.96. The molecule has 2 amide bonds. The number of hydrogen-bond donors (Lipinski definition) is 1. The number of nitrogens with zero attached hydrogens (tertiary/aromatic N) is 2. The molecule has 0 radical (unpaired) electrons. The lowest BCUT2D eigenvalue weighted by atomic mass is 9.98. The van der Waals surface area contributed by atoms with Crippen molar-refractivity contribution in [3.05, 3.63) is 16.6 Å². The van der Waals surface area contributed by atoms with E-state index in [9.17, 15) is 9.59 Å². The normalized spacial score (nSPS) is 21.5. The van der Waals surface area contributed by atoms with Crippen molar-refractivity contribution in [3.8, 4) is 0 Å². The Hall–Kier alpha value is -1.43. The quantitative estimate of drug-likeness (QED) is 0.894. The molecule has 5 nitrogen and oxygen atoms in total. The van der Waals surface area contributed by atoms with E-state index in [0.717, 1.165) is 17.8 Å². The minimum absolute atomic E-state index is 0.0274. The van der Waals surface area contributed by atoms with Crippen molar-refractivity contribution in [3.63, 3.8) is 0 Å². The van der Waals surface area contributed by atoms with Gasteiger partial charge in [0.15, 0.2) is 0 Å². The molecule has 0 aliphatic carbocycles. The maximum absolute atomic E-state index is 12.5. The van der Waals surface area contributed by atoms with Crippen LogP contribution in [0.1, 0.15) is 31.7 Å². The van der Waals surface area contributed by atoms with Crippen LogP contribution in [0.2, 0.25) is 0 Å². The number of carbonyl (C=O) groups is 2. The molecule has 1 N–H and O–H groups in total. The van der Waals surface area contributed by atoms with Gasteiger partial charge in [-0.25, -0.2) is 4.98 Å². The van der Waals surface area contributed by atoms with Gasteiger partial charge in [-0.2, -0.15) is 0 Å². The zero-order valence-corrected chi connectivity index (χ0v) is 12.8. The SMILES string of the molecule is CCC(C)C1NC(=O)CCN(CCc2nccs2)C1=O. The Labute approximate surface area is 123 Å². The summed E-state index contributed by atoms with van der Waals surface area (Å²) in [5.41, 5.74) is 0. The maximum Gasteiger partial charge on any atom is 0.245 e. The first-order valence-electron chi connectivity index (χ1n) is 7.08. The lowest BCUT2D eigenvalue weighted by molar-refractivity contribution is -0.134. The van der Waals surface area contributed by atoms with E-state index in [2.05, 4.69) is 10.3 Å². The van der Waals surface area contributed by atoms with E-state index in [1.165, 1.54) is 0 Å². The summed E-state index contributed by atoms with van der Waals surface area (Å²) >= 11 is 1.60. The number of rotatable bonds is 5. The molecule has 110 valence electrons. The van der Waals surface area contributed by atoms with Crippen LogP contribution in [0.3, 0.4) is 0 Å². The number of aromatic nitrogens is 1. The summed E-state index contributed by atoms with van der Waals surface area (Å²) in [6, 6.07) is -0.383. The Bertz CT molecular complexity index is 461. The van der Waals surface area contributed by atoms with Crippen molar-refractivity contribution in [1.82, 2.24) is 15.2 Å². The van der Waals surface area contributed by atoms with Gasteiger partial charge in [0.05, 0.1) is 5.01 Å². The van der Waals surface area contributed by atoms with Crippen LogP contribution in [0, 0.1) is 5.92 Å². The first-order chi connectivity index (χ1) is 9.61. The van der Waals surface area contributed by atoms with Gasteiger partial charge in [-0.15, -0.1) is 11.3 Å². The van der Waals surface area contributed by atoms with Gasteiger partial charge in [0.1, 0.15) is 6.04 Å². The zero-order valence-electron chi connectivity index (χ0n) is 12.0. The summed E-state index contributed by atoms with van der Waals surface area (Å²) in [6.07, 6.45) is 3.79. The third-order valence-corrected chi connectivity index (χ3v) is 4.63. The monoisotopic (exact) mass is 295 g/mol. The second-order valence-electron chi connectivity index (χ2n) is 5.18. The van der Waals surface area contributed by atoms with Crippen LogP contribution < -0.4 is 5.32 Å². The maximum atomic E-state index is 12.5. The van der Waals surface area contributed by atoms with E-state index in [4.69, 9.17) is 0 Å². The molecule has 2 rings (SSSR count). The van der Waals surface area contributed by atoms with E-state index in [0.29, 0.717) is 19.5 Å². The molecule has 1 saturated heterocycles. The van der Waals surface area contributed by atoms with Gasteiger partial charge in [-0.05, 0) is 5.92 Å². The van der Waals surface area contributed by atoms with E-state index in [1.54, 1.807) is 22.4 Å². The standard InChI is InChI=1S/C14H21N3O2S/c1-3-10(2)13-14(19)17(7-4-11(18)16-13)8-5-12-15-6-9-20-12/h6,9-10,13H,3-5,7-8H2,1-2H3,(H,16,18). The Balaban J connectivity index is 2.03. The third kappa shape index (κ3) is 3.56. The second kappa shape index (κ2) is 6.83. The fraction of sp³-hybridized carbons (Fsp3) is 0.643.